The van der Waals surface area contributed by atoms with Crippen LogP contribution in [0.5, 0.6) is 0 Å². The third kappa shape index (κ3) is 3.88. The summed E-state index contributed by atoms with van der Waals surface area (Å²) in [4.78, 5) is 32.5. The summed E-state index contributed by atoms with van der Waals surface area (Å²) in [5, 5.41) is 9.01. The van der Waals surface area contributed by atoms with Crippen LogP contribution in [0.25, 0.3) is 11.0 Å². The van der Waals surface area contributed by atoms with Gasteiger partial charge in [0.2, 0.25) is 11.9 Å². The summed E-state index contributed by atoms with van der Waals surface area (Å²) >= 11 is 0. The third-order valence-electron chi connectivity index (χ3n) is 2.92. The van der Waals surface area contributed by atoms with Crippen molar-refractivity contribution in [2.24, 2.45) is 0 Å². The fourth-order valence-corrected chi connectivity index (χ4v) is 1.91. The van der Waals surface area contributed by atoms with Crippen LogP contribution in [0.15, 0.2) is 36.9 Å². The molecule has 0 saturated carbocycles. The highest BCUT2D eigenvalue weighted by Gasteiger charge is 2.08. The van der Waals surface area contributed by atoms with Crippen LogP contribution in [0, 0.1) is 0 Å². The standard InChI is InChI=1S/C15H16N8O/c1-9(2)19-15(24)23-14-18-8-10-7-17-13(21-12(10)22-14)20-11-3-5-16-6-4-11/h3-9H,1-2H3,(H3,16,17,18,19,20,21,22,23,24). The van der Waals surface area contributed by atoms with E-state index in [4.69, 9.17) is 0 Å². The van der Waals surface area contributed by atoms with Crippen molar-refractivity contribution in [1.29, 1.82) is 0 Å². The van der Waals surface area contributed by atoms with Crippen molar-refractivity contribution < 1.29 is 4.79 Å². The Morgan fingerprint density at radius 1 is 1.04 bits per heavy atom. The van der Waals surface area contributed by atoms with E-state index in [0.717, 1.165) is 5.69 Å². The molecule has 9 heteroatoms. The first kappa shape index (κ1) is 15.5. The van der Waals surface area contributed by atoms with Crippen LogP contribution in [0.3, 0.4) is 0 Å². The fourth-order valence-electron chi connectivity index (χ4n) is 1.91. The zero-order valence-electron chi connectivity index (χ0n) is 13.2. The van der Waals surface area contributed by atoms with E-state index in [1.54, 1.807) is 36.9 Å². The Bertz CT molecular complexity index is 852. The highest BCUT2D eigenvalue weighted by molar-refractivity contribution is 5.88. The minimum atomic E-state index is -0.367. The summed E-state index contributed by atoms with van der Waals surface area (Å²) in [6.07, 6.45) is 6.51. The van der Waals surface area contributed by atoms with Gasteiger partial charge < -0.3 is 10.6 Å². The lowest BCUT2D eigenvalue weighted by Crippen LogP contribution is -2.34. The maximum Gasteiger partial charge on any atom is 0.321 e. The maximum absolute atomic E-state index is 11.7. The number of hydrogen-bond donors (Lipinski definition) is 3. The van der Waals surface area contributed by atoms with Gasteiger partial charge in [-0.05, 0) is 26.0 Å². The second kappa shape index (κ2) is 6.82. The third-order valence-corrected chi connectivity index (χ3v) is 2.92. The molecule has 0 saturated heterocycles. The zero-order valence-corrected chi connectivity index (χ0v) is 13.2. The SMILES string of the molecule is CC(C)NC(=O)Nc1ncc2cnc(Nc3ccncc3)nc2n1. The van der Waals surface area contributed by atoms with Crippen LogP contribution in [0.1, 0.15) is 13.8 Å². The molecule has 0 aliphatic heterocycles. The van der Waals surface area contributed by atoms with E-state index in [-0.39, 0.29) is 18.0 Å². The van der Waals surface area contributed by atoms with Gasteiger partial charge in [-0.25, -0.2) is 14.8 Å². The lowest BCUT2D eigenvalue weighted by molar-refractivity contribution is 0.250. The minimum absolute atomic E-state index is 0.0175. The Morgan fingerprint density at radius 2 is 1.71 bits per heavy atom. The monoisotopic (exact) mass is 324 g/mol. The van der Waals surface area contributed by atoms with Crippen LogP contribution in [0.2, 0.25) is 0 Å². The molecule has 122 valence electrons. The molecule has 24 heavy (non-hydrogen) atoms. The fraction of sp³-hybridized carbons (Fsp3) is 0.200. The summed E-state index contributed by atoms with van der Waals surface area (Å²) < 4.78 is 0. The highest BCUT2D eigenvalue weighted by Crippen LogP contribution is 2.15. The number of rotatable bonds is 4. The predicted octanol–water partition coefficient (Wildman–Crippen LogP) is 2.09. The number of anilines is 3. The summed E-state index contributed by atoms with van der Waals surface area (Å²) in [5.41, 5.74) is 1.24. The number of amides is 2. The molecule has 0 aliphatic rings. The molecule has 3 aromatic heterocycles. The van der Waals surface area contributed by atoms with Gasteiger partial charge in [-0.2, -0.15) is 9.97 Å². The molecule has 0 aromatic carbocycles. The van der Waals surface area contributed by atoms with E-state index in [1.807, 2.05) is 13.8 Å². The van der Waals surface area contributed by atoms with Gasteiger partial charge in [0.25, 0.3) is 0 Å². The van der Waals surface area contributed by atoms with Gasteiger partial charge in [0, 0.05) is 36.5 Å². The quantitative estimate of drug-likeness (QED) is 0.672. The molecular formula is C15H16N8O. The van der Waals surface area contributed by atoms with E-state index in [1.165, 1.54) is 0 Å². The molecule has 9 nitrogen and oxygen atoms in total. The predicted molar refractivity (Wildman–Crippen MR) is 89.9 cm³/mol. The molecule has 0 spiro atoms. The molecule has 0 unspecified atom stereocenters. The van der Waals surface area contributed by atoms with Gasteiger partial charge in [0.15, 0.2) is 5.65 Å². The Morgan fingerprint density at radius 3 is 2.42 bits per heavy atom. The van der Waals surface area contributed by atoms with Gasteiger partial charge in [0.1, 0.15) is 0 Å². The second-order valence-corrected chi connectivity index (χ2v) is 5.28. The average Bonchev–Trinajstić information content (AvgIpc) is 2.54. The lowest BCUT2D eigenvalue weighted by atomic mass is 10.4. The summed E-state index contributed by atoms with van der Waals surface area (Å²) in [6, 6.07) is 3.26. The molecule has 3 heterocycles. The largest absolute Gasteiger partial charge is 0.336 e. The van der Waals surface area contributed by atoms with E-state index >= 15 is 0 Å². The van der Waals surface area contributed by atoms with Gasteiger partial charge in [0.05, 0.1) is 5.39 Å². The van der Waals surface area contributed by atoms with E-state index in [2.05, 4.69) is 40.9 Å². The van der Waals surface area contributed by atoms with E-state index in [9.17, 15) is 4.79 Å². The normalized spacial score (nSPS) is 10.6. The molecule has 0 fully saturated rings. The molecule has 0 radical (unpaired) electrons. The summed E-state index contributed by atoms with van der Waals surface area (Å²) in [6.45, 7) is 3.73. The molecule has 0 aliphatic carbocycles. The highest BCUT2D eigenvalue weighted by atomic mass is 16.2. The van der Waals surface area contributed by atoms with Crippen LogP contribution in [-0.2, 0) is 0 Å². The van der Waals surface area contributed by atoms with Crippen LogP contribution < -0.4 is 16.0 Å². The van der Waals surface area contributed by atoms with Crippen molar-refractivity contribution in [2.45, 2.75) is 19.9 Å². The number of hydrogen-bond acceptors (Lipinski definition) is 7. The minimum Gasteiger partial charge on any atom is -0.336 e. The molecule has 3 N–H and O–H groups in total. The van der Waals surface area contributed by atoms with Crippen molar-refractivity contribution in [2.75, 3.05) is 10.6 Å². The van der Waals surface area contributed by atoms with Crippen molar-refractivity contribution in [1.82, 2.24) is 30.2 Å². The van der Waals surface area contributed by atoms with E-state index in [0.29, 0.717) is 17.0 Å². The Kier molecular flexibility index (Phi) is 4.41. The Hall–Kier alpha value is -3.36. The zero-order chi connectivity index (χ0) is 16.9. The topological polar surface area (TPSA) is 118 Å². The number of carbonyl (C=O) groups is 1. The van der Waals surface area contributed by atoms with E-state index < -0.39 is 0 Å². The molecule has 0 atom stereocenters. The Balaban J connectivity index is 1.81. The smallest absolute Gasteiger partial charge is 0.321 e. The van der Waals surface area contributed by atoms with Gasteiger partial charge in [-0.3, -0.25) is 10.3 Å². The molecule has 2 amide bonds. The first-order valence-corrected chi connectivity index (χ1v) is 7.34. The number of pyridine rings is 1. The first-order chi connectivity index (χ1) is 11.6. The number of nitrogens with one attached hydrogen (secondary N) is 3. The van der Waals surface area contributed by atoms with Crippen molar-refractivity contribution in [3.63, 3.8) is 0 Å². The molecule has 0 bridgehead atoms. The van der Waals surface area contributed by atoms with Crippen LogP contribution in [-0.4, -0.2) is 37.0 Å². The second-order valence-electron chi connectivity index (χ2n) is 5.28. The first-order valence-electron chi connectivity index (χ1n) is 7.34. The van der Waals surface area contributed by atoms with Crippen molar-refractivity contribution in [3.05, 3.63) is 36.9 Å². The van der Waals surface area contributed by atoms with Crippen LogP contribution >= 0.6 is 0 Å². The maximum atomic E-state index is 11.7. The molecular weight excluding hydrogens is 308 g/mol. The van der Waals surface area contributed by atoms with Crippen molar-refractivity contribution in [3.8, 4) is 0 Å². The van der Waals surface area contributed by atoms with Crippen LogP contribution in [0.4, 0.5) is 22.4 Å². The van der Waals surface area contributed by atoms with Gasteiger partial charge in [-0.15, -0.1) is 0 Å². The molecule has 3 aromatic rings. The number of nitrogens with zero attached hydrogens (tertiary/aromatic N) is 5. The average molecular weight is 324 g/mol. The number of aromatic nitrogens is 5. The van der Waals surface area contributed by atoms with Crippen molar-refractivity contribution >= 4 is 34.6 Å². The number of carbonyl (C=O) groups excluding carboxylic acids is 1. The summed E-state index contributed by atoms with van der Waals surface area (Å²) in [7, 11) is 0. The molecule has 3 rings (SSSR count). The number of fused-ring (bicyclic) bond motifs is 1. The van der Waals surface area contributed by atoms with Gasteiger partial charge >= 0.3 is 6.03 Å². The Labute approximate surface area is 138 Å². The summed E-state index contributed by atoms with van der Waals surface area (Å²) in [5.74, 6) is 0.569. The lowest BCUT2D eigenvalue weighted by Gasteiger charge is -2.09. The van der Waals surface area contributed by atoms with Gasteiger partial charge in [-0.1, -0.05) is 0 Å². The number of urea groups is 1.